The van der Waals surface area contributed by atoms with Crippen molar-refractivity contribution in [2.24, 2.45) is 0 Å². The van der Waals surface area contributed by atoms with Gasteiger partial charge in [0.2, 0.25) is 11.8 Å². The maximum absolute atomic E-state index is 12.0. The Morgan fingerprint density at radius 3 is 2.56 bits per heavy atom. The highest BCUT2D eigenvalue weighted by atomic mass is 16.2. The third-order valence-corrected chi connectivity index (χ3v) is 3.42. The summed E-state index contributed by atoms with van der Waals surface area (Å²) in [4.78, 5) is 27.3. The van der Waals surface area contributed by atoms with Crippen LogP contribution in [-0.2, 0) is 9.59 Å². The van der Waals surface area contributed by atoms with Crippen LogP contribution in [0.4, 0.5) is 0 Å². The molecule has 0 saturated carbocycles. The van der Waals surface area contributed by atoms with Gasteiger partial charge in [-0.1, -0.05) is 6.92 Å². The Hall–Kier alpha value is -1.10. The molecule has 0 bridgehead atoms. The first-order valence-electron chi connectivity index (χ1n) is 6.01. The van der Waals surface area contributed by atoms with Gasteiger partial charge in [-0.3, -0.25) is 9.59 Å². The van der Waals surface area contributed by atoms with Crippen molar-refractivity contribution in [1.82, 2.24) is 15.1 Å². The van der Waals surface area contributed by atoms with Crippen LogP contribution in [0.25, 0.3) is 0 Å². The van der Waals surface area contributed by atoms with Crippen LogP contribution in [0.3, 0.4) is 0 Å². The van der Waals surface area contributed by atoms with E-state index in [1.165, 1.54) is 0 Å². The number of piperazine rings is 1. The molecule has 0 spiro atoms. The summed E-state index contributed by atoms with van der Waals surface area (Å²) in [6.45, 7) is 6.65. The van der Waals surface area contributed by atoms with Gasteiger partial charge in [0.15, 0.2) is 0 Å². The first-order chi connectivity index (χ1) is 7.70. The summed E-state index contributed by atoms with van der Waals surface area (Å²) in [7, 11) is 0. The molecule has 2 heterocycles. The van der Waals surface area contributed by atoms with Gasteiger partial charge >= 0.3 is 0 Å². The van der Waals surface area contributed by atoms with Gasteiger partial charge in [0.05, 0.1) is 0 Å². The van der Waals surface area contributed by atoms with Crippen LogP contribution in [-0.4, -0.2) is 60.4 Å². The minimum atomic E-state index is -0.263. The summed E-state index contributed by atoms with van der Waals surface area (Å²) < 4.78 is 0. The van der Waals surface area contributed by atoms with E-state index in [-0.39, 0.29) is 17.9 Å². The maximum atomic E-state index is 12.0. The standard InChI is InChI=1S/C11H19N3O2/c1-2-13-5-7-14(8-6-13)11(16)9-3-4-10(15)12-9/h9H,2-8H2,1H3,(H,12,15). The minimum absolute atomic E-state index is 0.00513. The van der Waals surface area contributed by atoms with E-state index in [1.54, 1.807) is 0 Å². The van der Waals surface area contributed by atoms with Crippen molar-refractivity contribution in [2.75, 3.05) is 32.7 Å². The molecule has 2 aliphatic heterocycles. The molecule has 16 heavy (non-hydrogen) atoms. The molecule has 2 saturated heterocycles. The van der Waals surface area contributed by atoms with E-state index < -0.39 is 0 Å². The largest absolute Gasteiger partial charge is 0.344 e. The van der Waals surface area contributed by atoms with Crippen LogP contribution >= 0.6 is 0 Å². The van der Waals surface area contributed by atoms with E-state index >= 15 is 0 Å². The Bertz CT molecular complexity index is 285. The van der Waals surface area contributed by atoms with Crippen LogP contribution < -0.4 is 5.32 Å². The highest BCUT2D eigenvalue weighted by Gasteiger charge is 2.31. The molecular weight excluding hydrogens is 206 g/mol. The lowest BCUT2D eigenvalue weighted by Gasteiger charge is -2.35. The smallest absolute Gasteiger partial charge is 0.245 e. The molecular formula is C11H19N3O2. The average molecular weight is 225 g/mol. The number of likely N-dealkylation sites (N-methyl/N-ethyl adjacent to an activating group) is 1. The summed E-state index contributed by atoms with van der Waals surface area (Å²) in [5.41, 5.74) is 0. The van der Waals surface area contributed by atoms with Gasteiger partial charge in [0.25, 0.3) is 0 Å². The molecule has 0 aromatic heterocycles. The molecule has 1 unspecified atom stereocenters. The SMILES string of the molecule is CCN1CCN(C(=O)C2CCC(=O)N2)CC1. The van der Waals surface area contributed by atoms with Crippen molar-refractivity contribution in [3.05, 3.63) is 0 Å². The summed E-state index contributed by atoms with van der Waals surface area (Å²) in [6, 6.07) is -0.263. The van der Waals surface area contributed by atoms with E-state index in [9.17, 15) is 9.59 Å². The van der Waals surface area contributed by atoms with E-state index in [4.69, 9.17) is 0 Å². The Morgan fingerprint density at radius 2 is 2.06 bits per heavy atom. The number of amides is 2. The number of nitrogens with one attached hydrogen (secondary N) is 1. The molecule has 0 aromatic rings. The zero-order valence-corrected chi connectivity index (χ0v) is 9.74. The van der Waals surface area contributed by atoms with Crippen molar-refractivity contribution < 1.29 is 9.59 Å². The predicted octanol–water partition coefficient (Wildman–Crippen LogP) is -0.571. The number of rotatable bonds is 2. The Morgan fingerprint density at radius 1 is 1.38 bits per heavy atom. The highest BCUT2D eigenvalue weighted by Crippen LogP contribution is 2.11. The second-order valence-electron chi connectivity index (χ2n) is 4.42. The molecule has 2 aliphatic rings. The fourth-order valence-corrected chi connectivity index (χ4v) is 2.30. The lowest BCUT2D eigenvalue weighted by atomic mass is 10.2. The lowest BCUT2D eigenvalue weighted by molar-refractivity contribution is -0.136. The second kappa shape index (κ2) is 4.82. The zero-order valence-electron chi connectivity index (χ0n) is 9.74. The van der Waals surface area contributed by atoms with E-state index in [0.717, 1.165) is 32.7 Å². The minimum Gasteiger partial charge on any atom is -0.344 e. The number of hydrogen-bond donors (Lipinski definition) is 1. The van der Waals surface area contributed by atoms with Crippen molar-refractivity contribution in [1.29, 1.82) is 0 Å². The van der Waals surface area contributed by atoms with Crippen molar-refractivity contribution in [3.63, 3.8) is 0 Å². The first kappa shape index (κ1) is 11.4. The molecule has 2 amide bonds. The van der Waals surface area contributed by atoms with Gasteiger partial charge in [-0.2, -0.15) is 0 Å². The molecule has 2 fully saturated rings. The quantitative estimate of drug-likeness (QED) is 0.684. The van der Waals surface area contributed by atoms with Gasteiger partial charge in [0.1, 0.15) is 6.04 Å². The molecule has 90 valence electrons. The van der Waals surface area contributed by atoms with Crippen LogP contribution in [0.2, 0.25) is 0 Å². The van der Waals surface area contributed by atoms with Gasteiger partial charge in [-0.25, -0.2) is 0 Å². The van der Waals surface area contributed by atoms with Crippen molar-refractivity contribution >= 4 is 11.8 Å². The number of carbonyl (C=O) groups is 2. The monoisotopic (exact) mass is 225 g/mol. The fraction of sp³-hybridized carbons (Fsp3) is 0.818. The van der Waals surface area contributed by atoms with Gasteiger partial charge in [0, 0.05) is 32.6 Å². The Balaban J connectivity index is 1.84. The van der Waals surface area contributed by atoms with Crippen LogP contribution in [0.1, 0.15) is 19.8 Å². The molecule has 5 nitrogen and oxygen atoms in total. The predicted molar refractivity (Wildman–Crippen MR) is 59.9 cm³/mol. The summed E-state index contributed by atoms with van der Waals surface area (Å²) in [5.74, 6) is 0.104. The maximum Gasteiger partial charge on any atom is 0.245 e. The van der Waals surface area contributed by atoms with Crippen LogP contribution in [0.5, 0.6) is 0 Å². The van der Waals surface area contributed by atoms with Crippen LogP contribution in [0, 0.1) is 0 Å². The summed E-state index contributed by atoms with van der Waals surface area (Å²) in [5, 5.41) is 2.73. The van der Waals surface area contributed by atoms with E-state index in [2.05, 4.69) is 17.1 Å². The van der Waals surface area contributed by atoms with Gasteiger partial charge < -0.3 is 15.1 Å². The molecule has 1 atom stereocenters. The second-order valence-corrected chi connectivity index (χ2v) is 4.42. The van der Waals surface area contributed by atoms with Gasteiger partial charge in [-0.15, -0.1) is 0 Å². The number of hydrogen-bond acceptors (Lipinski definition) is 3. The third-order valence-electron chi connectivity index (χ3n) is 3.42. The normalized spacial score (nSPS) is 26.9. The van der Waals surface area contributed by atoms with Gasteiger partial charge in [-0.05, 0) is 13.0 Å². The molecule has 1 N–H and O–H groups in total. The van der Waals surface area contributed by atoms with Crippen molar-refractivity contribution in [2.45, 2.75) is 25.8 Å². The fourth-order valence-electron chi connectivity index (χ4n) is 2.30. The Labute approximate surface area is 95.8 Å². The van der Waals surface area contributed by atoms with Crippen molar-refractivity contribution in [3.8, 4) is 0 Å². The summed E-state index contributed by atoms with van der Waals surface area (Å²) in [6.07, 6.45) is 1.15. The average Bonchev–Trinajstić information content (AvgIpc) is 2.75. The number of nitrogens with zero attached hydrogens (tertiary/aromatic N) is 2. The topological polar surface area (TPSA) is 52.7 Å². The van der Waals surface area contributed by atoms with E-state index in [1.807, 2.05) is 4.90 Å². The van der Waals surface area contributed by atoms with E-state index in [0.29, 0.717) is 12.8 Å². The Kier molecular flexibility index (Phi) is 3.43. The first-order valence-corrected chi connectivity index (χ1v) is 6.01. The zero-order chi connectivity index (χ0) is 11.5. The summed E-state index contributed by atoms with van der Waals surface area (Å²) >= 11 is 0. The molecule has 0 aromatic carbocycles. The molecule has 2 rings (SSSR count). The number of carbonyl (C=O) groups excluding carboxylic acids is 2. The molecule has 0 radical (unpaired) electrons. The van der Waals surface area contributed by atoms with Crippen LogP contribution in [0.15, 0.2) is 0 Å². The molecule has 0 aliphatic carbocycles. The lowest BCUT2D eigenvalue weighted by Crippen LogP contribution is -2.53. The highest BCUT2D eigenvalue weighted by molar-refractivity contribution is 5.90. The molecule has 5 heteroatoms. The third kappa shape index (κ3) is 2.35.